The van der Waals surface area contributed by atoms with E-state index >= 15 is 0 Å². The van der Waals surface area contributed by atoms with Crippen LogP contribution in [0.2, 0.25) is 0 Å². The first kappa shape index (κ1) is 19.9. The normalized spacial score (nSPS) is 18.1. The van der Waals surface area contributed by atoms with Gasteiger partial charge >= 0.3 is 0 Å². The Hall–Kier alpha value is -1.39. The molecule has 1 aliphatic rings. The van der Waals surface area contributed by atoms with Crippen molar-refractivity contribution < 1.29 is 4.74 Å². The number of hydrogen-bond acceptors (Lipinski definition) is 3. The van der Waals surface area contributed by atoms with Crippen LogP contribution in [0.3, 0.4) is 0 Å². The number of ether oxygens (including phenoxy) is 1. The highest BCUT2D eigenvalue weighted by atomic mass is 35.5. The number of likely N-dealkylation sites (tertiary alicyclic amines) is 1. The molecule has 2 aromatic carbocycles. The third kappa shape index (κ3) is 5.82. The first-order valence-electron chi connectivity index (χ1n) is 8.98. The molecule has 2 aromatic rings. The second-order valence-electron chi connectivity index (χ2n) is 6.50. The lowest BCUT2D eigenvalue weighted by Gasteiger charge is -2.32. The molecule has 0 saturated carbocycles. The van der Waals surface area contributed by atoms with Crippen molar-refractivity contribution in [1.82, 2.24) is 10.2 Å². The van der Waals surface area contributed by atoms with Gasteiger partial charge in [0.05, 0.1) is 6.61 Å². The minimum absolute atomic E-state index is 0. The van der Waals surface area contributed by atoms with Gasteiger partial charge in [-0.1, -0.05) is 60.7 Å². The molecule has 0 aliphatic carbocycles. The summed E-state index contributed by atoms with van der Waals surface area (Å²) in [7, 11) is 2.06. The highest BCUT2D eigenvalue weighted by molar-refractivity contribution is 5.85. The maximum Gasteiger partial charge on any atom is 0.108 e. The summed E-state index contributed by atoms with van der Waals surface area (Å²) < 4.78 is 6.32. The van der Waals surface area contributed by atoms with Crippen molar-refractivity contribution in [3.05, 3.63) is 71.8 Å². The zero-order chi connectivity index (χ0) is 16.6. The maximum atomic E-state index is 6.32. The van der Waals surface area contributed by atoms with Gasteiger partial charge in [-0.25, -0.2) is 0 Å². The van der Waals surface area contributed by atoms with Crippen LogP contribution >= 0.6 is 12.4 Å². The van der Waals surface area contributed by atoms with Crippen LogP contribution in [0.5, 0.6) is 0 Å². The van der Waals surface area contributed by atoms with Crippen LogP contribution < -0.4 is 5.32 Å². The molecule has 0 aromatic heterocycles. The SMILES string of the molecule is CNC1CCCN(CCOC(c2ccccc2)c2ccccc2)C1.Cl. The fraction of sp³-hybridized carbons (Fsp3) is 0.429. The minimum Gasteiger partial charge on any atom is -0.367 e. The summed E-state index contributed by atoms with van der Waals surface area (Å²) >= 11 is 0. The number of nitrogens with zero attached hydrogens (tertiary/aromatic N) is 1. The van der Waals surface area contributed by atoms with Gasteiger partial charge in [0.15, 0.2) is 0 Å². The summed E-state index contributed by atoms with van der Waals surface area (Å²) in [5, 5.41) is 3.40. The first-order valence-corrected chi connectivity index (χ1v) is 8.98. The van der Waals surface area contributed by atoms with Crippen LogP contribution in [-0.2, 0) is 4.74 Å². The van der Waals surface area contributed by atoms with E-state index in [1.54, 1.807) is 0 Å². The Bertz CT molecular complexity index is 554. The van der Waals surface area contributed by atoms with E-state index in [2.05, 4.69) is 77.9 Å². The van der Waals surface area contributed by atoms with E-state index in [0.29, 0.717) is 6.04 Å². The lowest BCUT2D eigenvalue weighted by atomic mass is 10.0. The predicted octanol–water partition coefficient (Wildman–Crippen LogP) is 3.90. The van der Waals surface area contributed by atoms with E-state index in [0.717, 1.165) is 19.7 Å². The molecule has 4 heteroatoms. The van der Waals surface area contributed by atoms with Crippen molar-refractivity contribution in [2.45, 2.75) is 25.0 Å². The molecule has 0 radical (unpaired) electrons. The van der Waals surface area contributed by atoms with E-state index < -0.39 is 0 Å². The van der Waals surface area contributed by atoms with Gasteiger partial charge in [0, 0.05) is 19.1 Å². The molecule has 1 heterocycles. The van der Waals surface area contributed by atoms with Crippen molar-refractivity contribution in [2.24, 2.45) is 0 Å². The summed E-state index contributed by atoms with van der Waals surface area (Å²) in [5.74, 6) is 0. The Balaban J connectivity index is 0.00000225. The van der Waals surface area contributed by atoms with Gasteiger partial charge in [0.1, 0.15) is 6.10 Å². The summed E-state index contributed by atoms with van der Waals surface area (Å²) in [6.45, 7) is 4.06. The molecule has 0 amide bonds. The van der Waals surface area contributed by atoms with Gasteiger partial charge in [0.2, 0.25) is 0 Å². The standard InChI is InChI=1S/C21H28N2O.ClH/c1-22-20-13-8-14-23(17-20)15-16-24-21(18-9-4-2-5-10-18)19-11-6-3-7-12-19;/h2-7,9-12,20-22H,8,13-17H2,1H3;1H. The second-order valence-corrected chi connectivity index (χ2v) is 6.50. The second kappa shape index (κ2) is 10.6. The summed E-state index contributed by atoms with van der Waals surface area (Å²) in [5.41, 5.74) is 2.44. The number of hydrogen-bond donors (Lipinski definition) is 1. The summed E-state index contributed by atoms with van der Waals surface area (Å²) in [4.78, 5) is 2.51. The fourth-order valence-corrected chi connectivity index (χ4v) is 3.43. The third-order valence-corrected chi connectivity index (χ3v) is 4.81. The molecule has 25 heavy (non-hydrogen) atoms. The fourth-order valence-electron chi connectivity index (χ4n) is 3.43. The number of benzene rings is 2. The van der Waals surface area contributed by atoms with E-state index in [9.17, 15) is 0 Å². The van der Waals surface area contributed by atoms with E-state index in [1.807, 2.05) is 0 Å². The quantitative estimate of drug-likeness (QED) is 0.810. The molecule has 1 saturated heterocycles. The summed E-state index contributed by atoms with van der Waals surface area (Å²) in [6.07, 6.45) is 2.56. The summed E-state index contributed by atoms with van der Waals surface area (Å²) in [6, 6.07) is 21.6. The highest BCUT2D eigenvalue weighted by Gasteiger charge is 2.19. The van der Waals surface area contributed by atoms with E-state index in [-0.39, 0.29) is 18.5 Å². The van der Waals surface area contributed by atoms with Gasteiger partial charge in [-0.2, -0.15) is 0 Å². The van der Waals surface area contributed by atoms with Crippen molar-refractivity contribution in [2.75, 3.05) is 33.3 Å². The number of likely N-dealkylation sites (N-methyl/N-ethyl adjacent to an activating group) is 1. The lowest BCUT2D eigenvalue weighted by Crippen LogP contribution is -2.45. The number of nitrogens with one attached hydrogen (secondary N) is 1. The van der Waals surface area contributed by atoms with Crippen LogP contribution in [0.15, 0.2) is 60.7 Å². The average Bonchev–Trinajstić information content (AvgIpc) is 2.67. The molecule has 1 atom stereocenters. The smallest absolute Gasteiger partial charge is 0.108 e. The first-order chi connectivity index (χ1) is 11.9. The Morgan fingerprint density at radius 1 is 1.04 bits per heavy atom. The Kier molecular flexibility index (Phi) is 8.42. The molecular weight excluding hydrogens is 332 g/mol. The number of rotatable bonds is 7. The van der Waals surface area contributed by atoms with E-state index in [1.165, 1.54) is 30.5 Å². The lowest BCUT2D eigenvalue weighted by molar-refractivity contribution is 0.0525. The van der Waals surface area contributed by atoms with Crippen LogP contribution in [-0.4, -0.2) is 44.2 Å². The van der Waals surface area contributed by atoms with E-state index in [4.69, 9.17) is 4.74 Å². The topological polar surface area (TPSA) is 24.5 Å². The third-order valence-electron chi connectivity index (χ3n) is 4.81. The number of piperidine rings is 1. The highest BCUT2D eigenvalue weighted by Crippen LogP contribution is 2.25. The van der Waals surface area contributed by atoms with Crippen LogP contribution in [0.4, 0.5) is 0 Å². The molecule has 136 valence electrons. The molecule has 1 unspecified atom stereocenters. The van der Waals surface area contributed by atoms with Crippen molar-refractivity contribution in [1.29, 1.82) is 0 Å². The van der Waals surface area contributed by atoms with Gasteiger partial charge in [-0.15, -0.1) is 12.4 Å². The molecule has 1 aliphatic heterocycles. The molecule has 3 rings (SSSR count). The van der Waals surface area contributed by atoms with Gasteiger partial charge < -0.3 is 10.1 Å². The van der Waals surface area contributed by atoms with Crippen molar-refractivity contribution in [3.8, 4) is 0 Å². The zero-order valence-corrected chi connectivity index (χ0v) is 15.8. The Morgan fingerprint density at radius 3 is 2.20 bits per heavy atom. The number of halogens is 1. The molecule has 0 spiro atoms. The van der Waals surface area contributed by atoms with Gasteiger partial charge in [-0.3, -0.25) is 4.90 Å². The van der Waals surface area contributed by atoms with Gasteiger partial charge in [-0.05, 0) is 37.6 Å². The van der Waals surface area contributed by atoms with Crippen molar-refractivity contribution in [3.63, 3.8) is 0 Å². The monoisotopic (exact) mass is 360 g/mol. The predicted molar refractivity (Wildman–Crippen MR) is 106 cm³/mol. The molecule has 1 fully saturated rings. The molecular formula is C21H29ClN2O. The maximum absolute atomic E-state index is 6.32. The van der Waals surface area contributed by atoms with Crippen molar-refractivity contribution >= 4 is 12.4 Å². The zero-order valence-electron chi connectivity index (χ0n) is 14.9. The Morgan fingerprint density at radius 2 is 1.64 bits per heavy atom. The average molecular weight is 361 g/mol. The molecule has 1 N–H and O–H groups in total. The largest absolute Gasteiger partial charge is 0.367 e. The van der Waals surface area contributed by atoms with Crippen LogP contribution in [0.1, 0.15) is 30.1 Å². The molecule has 3 nitrogen and oxygen atoms in total. The van der Waals surface area contributed by atoms with Crippen LogP contribution in [0, 0.1) is 0 Å². The van der Waals surface area contributed by atoms with Gasteiger partial charge in [0.25, 0.3) is 0 Å². The van der Waals surface area contributed by atoms with Crippen LogP contribution in [0.25, 0.3) is 0 Å². The molecule has 0 bridgehead atoms. The Labute approximate surface area is 157 Å². The minimum atomic E-state index is 0.